The third-order valence-electron chi connectivity index (χ3n) is 2.42. The van der Waals surface area contributed by atoms with Crippen LogP contribution in [0.3, 0.4) is 0 Å². The fraction of sp³-hybridized carbons (Fsp3) is 0.0769. The molecule has 0 saturated carbocycles. The molecule has 23 heavy (non-hydrogen) atoms. The Morgan fingerprint density at radius 2 is 2.09 bits per heavy atom. The van der Waals surface area contributed by atoms with Crippen LogP contribution in [0, 0.1) is 0 Å². The predicted molar refractivity (Wildman–Crippen MR) is 79.4 cm³/mol. The summed E-state index contributed by atoms with van der Waals surface area (Å²) in [6.07, 6.45) is 1.04. The third kappa shape index (κ3) is 5.09. The number of hydrogen-bond donors (Lipinski definition) is 1. The molecular formula is C13H10ClN2O6S-. The van der Waals surface area contributed by atoms with E-state index in [4.69, 9.17) is 20.8 Å². The molecule has 0 saturated heterocycles. The molecule has 1 amide bonds. The van der Waals surface area contributed by atoms with Gasteiger partial charge in [-0.3, -0.25) is 4.79 Å². The summed E-state index contributed by atoms with van der Waals surface area (Å²) in [5.74, 6) is -0.222. The van der Waals surface area contributed by atoms with Gasteiger partial charge in [0.05, 0.1) is 11.2 Å². The normalized spacial score (nSPS) is 11.6. The van der Waals surface area contributed by atoms with Crippen molar-refractivity contribution in [2.24, 2.45) is 5.10 Å². The first-order chi connectivity index (χ1) is 10.9. The Morgan fingerprint density at radius 1 is 1.35 bits per heavy atom. The number of carbonyl (C=O) groups is 1. The molecule has 0 aliphatic heterocycles. The molecule has 0 aliphatic carbocycles. The SMILES string of the molecule is O=C(COc1ccccc1Cl)N/N=C/c1ccc(S(=O)(=O)[O-])o1. The number of hydrazone groups is 1. The highest BCUT2D eigenvalue weighted by atomic mass is 35.5. The fourth-order valence-corrected chi connectivity index (χ4v) is 2.07. The second kappa shape index (κ2) is 7.27. The maximum Gasteiger partial charge on any atom is 0.277 e. The molecule has 0 atom stereocenters. The molecule has 1 aromatic heterocycles. The molecule has 122 valence electrons. The number of halogens is 1. The van der Waals surface area contributed by atoms with Crippen molar-refractivity contribution in [3.8, 4) is 5.75 Å². The topological polar surface area (TPSA) is 121 Å². The van der Waals surface area contributed by atoms with Crippen molar-refractivity contribution >= 4 is 33.8 Å². The minimum Gasteiger partial charge on any atom is -0.742 e. The number of furan rings is 1. The van der Waals surface area contributed by atoms with E-state index in [0.29, 0.717) is 10.8 Å². The summed E-state index contributed by atoms with van der Waals surface area (Å²) < 4.78 is 42.0. The highest BCUT2D eigenvalue weighted by molar-refractivity contribution is 7.85. The van der Waals surface area contributed by atoms with Gasteiger partial charge in [0, 0.05) is 0 Å². The molecule has 0 fully saturated rings. The van der Waals surface area contributed by atoms with E-state index in [1.54, 1.807) is 24.3 Å². The molecule has 1 heterocycles. The quantitative estimate of drug-likeness (QED) is 0.473. The Kier molecular flexibility index (Phi) is 5.37. The van der Waals surface area contributed by atoms with E-state index in [1.165, 1.54) is 6.07 Å². The van der Waals surface area contributed by atoms with Gasteiger partial charge in [-0.05, 0) is 24.3 Å². The molecule has 1 aromatic carbocycles. The van der Waals surface area contributed by atoms with Crippen LogP contribution in [0.1, 0.15) is 5.76 Å². The van der Waals surface area contributed by atoms with Crippen LogP contribution in [0.15, 0.2) is 51.0 Å². The number of ether oxygens (including phenoxy) is 1. The number of hydrogen-bond acceptors (Lipinski definition) is 7. The fourth-order valence-electron chi connectivity index (χ4n) is 1.44. The van der Waals surface area contributed by atoms with Crippen molar-refractivity contribution in [2.75, 3.05) is 6.61 Å². The highest BCUT2D eigenvalue weighted by Crippen LogP contribution is 2.22. The predicted octanol–water partition coefficient (Wildman–Crippen LogP) is 1.37. The lowest BCUT2D eigenvalue weighted by molar-refractivity contribution is -0.123. The van der Waals surface area contributed by atoms with E-state index in [2.05, 4.69) is 10.5 Å². The van der Waals surface area contributed by atoms with Crippen LogP contribution in [0.5, 0.6) is 5.75 Å². The van der Waals surface area contributed by atoms with Crippen molar-refractivity contribution in [3.63, 3.8) is 0 Å². The molecule has 2 aromatic rings. The molecule has 2 rings (SSSR count). The molecule has 0 aliphatic rings. The monoisotopic (exact) mass is 357 g/mol. The maximum atomic E-state index is 11.5. The first kappa shape index (κ1) is 17.0. The molecule has 8 nitrogen and oxygen atoms in total. The zero-order valence-corrected chi connectivity index (χ0v) is 13.0. The largest absolute Gasteiger partial charge is 0.742 e. The van der Waals surface area contributed by atoms with Gasteiger partial charge < -0.3 is 13.7 Å². The van der Waals surface area contributed by atoms with E-state index in [1.807, 2.05) is 0 Å². The van der Waals surface area contributed by atoms with Crippen molar-refractivity contribution in [3.05, 3.63) is 47.2 Å². The minimum atomic E-state index is -4.66. The second-order valence-corrected chi connectivity index (χ2v) is 5.84. The summed E-state index contributed by atoms with van der Waals surface area (Å²) in [6.45, 7) is -0.320. The Labute approximate surface area is 136 Å². The van der Waals surface area contributed by atoms with Crippen LogP contribution in [-0.4, -0.2) is 31.7 Å². The maximum absolute atomic E-state index is 11.5. The van der Waals surface area contributed by atoms with Crippen molar-refractivity contribution in [1.29, 1.82) is 0 Å². The van der Waals surface area contributed by atoms with Gasteiger partial charge in [0.1, 0.15) is 11.5 Å². The zero-order chi connectivity index (χ0) is 16.9. The summed E-state index contributed by atoms with van der Waals surface area (Å²) in [5, 5.41) is 3.18. The Morgan fingerprint density at radius 3 is 2.74 bits per heavy atom. The Bertz CT molecular complexity index is 830. The van der Waals surface area contributed by atoms with Crippen LogP contribution >= 0.6 is 11.6 Å². The molecular weight excluding hydrogens is 348 g/mol. The number of nitrogens with zero attached hydrogens (tertiary/aromatic N) is 1. The first-order valence-electron chi connectivity index (χ1n) is 6.11. The van der Waals surface area contributed by atoms with Crippen LogP contribution in [-0.2, 0) is 14.9 Å². The molecule has 0 spiro atoms. The summed E-state index contributed by atoms with van der Waals surface area (Å²) >= 11 is 5.86. The van der Waals surface area contributed by atoms with E-state index in [0.717, 1.165) is 12.3 Å². The number of benzene rings is 1. The summed E-state index contributed by atoms with van der Waals surface area (Å²) in [4.78, 5) is 11.5. The number of para-hydroxylation sites is 1. The number of nitrogens with one attached hydrogen (secondary N) is 1. The average molecular weight is 358 g/mol. The Hall–Kier alpha value is -2.36. The van der Waals surface area contributed by atoms with E-state index < -0.39 is 21.1 Å². The van der Waals surface area contributed by atoms with Crippen molar-refractivity contribution in [2.45, 2.75) is 5.09 Å². The Balaban J connectivity index is 1.84. The average Bonchev–Trinajstić information content (AvgIpc) is 2.95. The first-order valence-corrected chi connectivity index (χ1v) is 7.90. The lowest BCUT2D eigenvalue weighted by Crippen LogP contribution is -2.24. The highest BCUT2D eigenvalue weighted by Gasteiger charge is 2.07. The van der Waals surface area contributed by atoms with Crippen LogP contribution in [0.4, 0.5) is 0 Å². The lowest BCUT2D eigenvalue weighted by atomic mass is 10.3. The van der Waals surface area contributed by atoms with Crippen LogP contribution in [0.25, 0.3) is 0 Å². The molecule has 0 bridgehead atoms. The molecule has 10 heteroatoms. The van der Waals surface area contributed by atoms with E-state index in [-0.39, 0.29) is 12.4 Å². The van der Waals surface area contributed by atoms with Gasteiger partial charge in [0.15, 0.2) is 16.7 Å². The standard InChI is InChI=1S/C13H11ClN2O6S/c14-10-3-1-2-4-11(10)21-8-12(17)16-15-7-9-5-6-13(22-9)23(18,19)20/h1-7H,8H2,(H,16,17)(H,18,19,20)/p-1/b15-7+. The van der Waals surface area contributed by atoms with Gasteiger partial charge in [0.2, 0.25) is 5.09 Å². The smallest absolute Gasteiger partial charge is 0.277 e. The van der Waals surface area contributed by atoms with Gasteiger partial charge in [-0.25, -0.2) is 13.8 Å². The zero-order valence-electron chi connectivity index (χ0n) is 11.4. The lowest BCUT2D eigenvalue weighted by Gasteiger charge is -2.06. The third-order valence-corrected chi connectivity index (χ3v) is 3.45. The summed E-state index contributed by atoms with van der Waals surface area (Å²) in [5.41, 5.74) is 2.14. The minimum absolute atomic E-state index is 0.00764. The van der Waals surface area contributed by atoms with Crippen molar-refractivity contribution < 1.29 is 26.9 Å². The summed E-state index contributed by atoms with van der Waals surface area (Å²) in [6, 6.07) is 8.86. The van der Waals surface area contributed by atoms with Crippen molar-refractivity contribution in [1.82, 2.24) is 5.43 Å². The summed E-state index contributed by atoms with van der Waals surface area (Å²) in [7, 11) is -4.66. The molecule has 0 radical (unpaired) electrons. The second-order valence-electron chi connectivity index (χ2n) is 4.12. The van der Waals surface area contributed by atoms with Crippen LogP contribution < -0.4 is 10.2 Å². The molecule has 0 unspecified atom stereocenters. The van der Waals surface area contributed by atoms with Gasteiger partial charge >= 0.3 is 0 Å². The molecule has 1 N–H and O–H groups in total. The van der Waals surface area contributed by atoms with E-state index >= 15 is 0 Å². The van der Waals surface area contributed by atoms with Gasteiger partial charge in [-0.1, -0.05) is 23.7 Å². The van der Waals surface area contributed by atoms with Gasteiger partial charge in [-0.15, -0.1) is 0 Å². The van der Waals surface area contributed by atoms with Gasteiger partial charge in [-0.2, -0.15) is 5.10 Å². The van der Waals surface area contributed by atoms with E-state index in [9.17, 15) is 17.8 Å². The number of amides is 1. The number of rotatable bonds is 6. The van der Waals surface area contributed by atoms with Gasteiger partial charge in [0.25, 0.3) is 5.91 Å². The number of carbonyl (C=O) groups excluding carboxylic acids is 1. The van der Waals surface area contributed by atoms with Crippen LogP contribution in [0.2, 0.25) is 5.02 Å².